The van der Waals surface area contributed by atoms with Gasteiger partial charge in [0.2, 0.25) is 5.91 Å². The Kier molecular flexibility index (Phi) is 5.11. The largest absolute Gasteiger partial charge is 0.373 e. The van der Waals surface area contributed by atoms with Crippen LogP contribution in [0.1, 0.15) is 43.8 Å². The van der Waals surface area contributed by atoms with Crippen molar-refractivity contribution in [2.45, 2.75) is 44.2 Å². The molecule has 0 spiro atoms. The van der Waals surface area contributed by atoms with Gasteiger partial charge in [-0.15, -0.1) is 0 Å². The van der Waals surface area contributed by atoms with Crippen molar-refractivity contribution in [2.75, 3.05) is 13.2 Å². The van der Waals surface area contributed by atoms with Gasteiger partial charge >= 0.3 is 0 Å². The molecule has 1 aliphatic heterocycles. The van der Waals surface area contributed by atoms with Gasteiger partial charge in [-0.1, -0.05) is 30.3 Å². The van der Waals surface area contributed by atoms with E-state index in [0.717, 1.165) is 38.7 Å². The number of carbonyl (C=O) groups excluding carboxylic acids is 1. The smallest absolute Gasteiger partial charge is 0.223 e. The van der Waals surface area contributed by atoms with Crippen molar-refractivity contribution < 1.29 is 9.53 Å². The van der Waals surface area contributed by atoms with E-state index in [2.05, 4.69) is 17.4 Å². The van der Waals surface area contributed by atoms with E-state index in [0.29, 0.717) is 12.5 Å². The summed E-state index contributed by atoms with van der Waals surface area (Å²) in [7, 11) is 0. The minimum Gasteiger partial charge on any atom is -0.373 e. The molecule has 0 bridgehead atoms. The van der Waals surface area contributed by atoms with Gasteiger partial charge in [0.05, 0.1) is 6.10 Å². The average molecular weight is 302 g/mol. The van der Waals surface area contributed by atoms with Crippen LogP contribution in [0, 0.1) is 11.8 Å². The number of amides is 1. The maximum absolute atomic E-state index is 12.3. The van der Waals surface area contributed by atoms with Crippen molar-refractivity contribution in [3.05, 3.63) is 35.9 Å². The van der Waals surface area contributed by atoms with Crippen molar-refractivity contribution in [2.24, 2.45) is 17.6 Å². The zero-order chi connectivity index (χ0) is 15.4. The van der Waals surface area contributed by atoms with Gasteiger partial charge in [0.15, 0.2) is 0 Å². The fourth-order valence-corrected chi connectivity index (χ4v) is 3.69. The number of carbonyl (C=O) groups is 1. The molecule has 0 aromatic heterocycles. The van der Waals surface area contributed by atoms with E-state index in [1.807, 2.05) is 18.2 Å². The molecule has 4 unspecified atom stereocenters. The second-order valence-electron chi connectivity index (χ2n) is 6.62. The molecule has 2 fully saturated rings. The number of hydrogen-bond donors (Lipinski definition) is 2. The summed E-state index contributed by atoms with van der Waals surface area (Å²) in [6, 6.07) is 10.5. The van der Waals surface area contributed by atoms with Crippen LogP contribution in [0.3, 0.4) is 0 Å². The van der Waals surface area contributed by atoms with Crippen LogP contribution in [0.25, 0.3) is 0 Å². The number of hydrogen-bond acceptors (Lipinski definition) is 3. The van der Waals surface area contributed by atoms with Crippen molar-refractivity contribution >= 4 is 5.91 Å². The number of nitrogens with two attached hydrogens (primary N) is 1. The molecule has 4 atom stereocenters. The molecule has 1 saturated heterocycles. The van der Waals surface area contributed by atoms with E-state index in [9.17, 15) is 4.79 Å². The monoisotopic (exact) mass is 302 g/mol. The quantitative estimate of drug-likeness (QED) is 0.897. The van der Waals surface area contributed by atoms with Gasteiger partial charge in [-0.2, -0.15) is 0 Å². The highest BCUT2D eigenvalue weighted by molar-refractivity contribution is 5.79. The summed E-state index contributed by atoms with van der Waals surface area (Å²) >= 11 is 0. The van der Waals surface area contributed by atoms with E-state index in [1.54, 1.807) is 0 Å². The molecule has 120 valence electrons. The van der Waals surface area contributed by atoms with E-state index in [4.69, 9.17) is 10.5 Å². The second-order valence-corrected chi connectivity index (χ2v) is 6.62. The maximum atomic E-state index is 12.3. The van der Waals surface area contributed by atoms with Crippen LogP contribution in [0.4, 0.5) is 0 Å². The molecule has 3 rings (SSSR count). The fourth-order valence-electron chi connectivity index (χ4n) is 3.69. The topological polar surface area (TPSA) is 64.4 Å². The normalized spacial score (nSPS) is 31.9. The third-order valence-corrected chi connectivity index (χ3v) is 4.96. The Morgan fingerprint density at radius 1 is 1.23 bits per heavy atom. The van der Waals surface area contributed by atoms with Crippen molar-refractivity contribution in [1.29, 1.82) is 0 Å². The van der Waals surface area contributed by atoms with Crippen LogP contribution in [0.15, 0.2) is 30.3 Å². The lowest BCUT2D eigenvalue weighted by atomic mass is 9.89. The molecule has 4 nitrogen and oxygen atoms in total. The maximum Gasteiger partial charge on any atom is 0.223 e. The van der Waals surface area contributed by atoms with Crippen LogP contribution >= 0.6 is 0 Å². The number of ether oxygens (including phenoxy) is 1. The van der Waals surface area contributed by atoms with Crippen molar-refractivity contribution in [3.63, 3.8) is 0 Å². The summed E-state index contributed by atoms with van der Waals surface area (Å²) in [5.74, 6) is 0.634. The Balaban J connectivity index is 1.57. The first kappa shape index (κ1) is 15.5. The molecule has 1 aromatic carbocycles. The lowest BCUT2D eigenvalue weighted by molar-refractivity contribution is -0.125. The summed E-state index contributed by atoms with van der Waals surface area (Å²) in [6.07, 6.45) is 4.99. The third kappa shape index (κ3) is 3.68. The van der Waals surface area contributed by atoms with Crippen molar-refractivity contribution in [3.8, 4) is 0 Å². The van der Waals surface area contributed by atoms with E-state index >= 15 is 0 Å². The SMILES string of the molecule is NC1CCC(C(=O)NCC2CCCOC2c2ccccc2)C1. The first-order chi connectivity index (χ1) is 10.7. The predicted molar refractivity (Wildman–Crippen MR) is 86.2 cm³/mol. The molecule has 1 amide bonds. The lowest BCUT2D eigenvalue weighted by Crippen LogP contribution is -2.37. The Labute approximate surface area is 132 Å². The van der Waals surface area contributed by atoms with Gasteiger partial charge in [0.1, 0.15) is 0 Å². The van der Waals surface area contributed by atoms with Crippen molar-refractivity contribution in [1.82, 2.24) is 5.32 Å². The Morgan fingerprint density at radius 3 is 2.77 bits per heavy atom. The number of nitrogens with one attached hydrogen (secondary N) is 1. The zero-order valence-electron chi connectivity index (χ0n) is 13.0. The minimum absolute atomic E-state index is 0.0982. The highest BCUT2D eigenvalue weighted by Crippen LogP contribution is 2.33. The summed E-state index contributed by atoms with van der Waals surface area (Å²) in [6.45, 7) is 1.51. The molecule has 4 heteroatoms. The van der Waals surface area contributed by atoms with Crippen LogP contribution in [0.5, 0.6) is 0 Å². The molecule has 3 N–H and O–H groups in total. The van der Waals surface area contributed by atoms with E-state index in [1.165, 1.54) is 5.56 Å². The third-order valence-electron chi connectivity index (χ3n) is 4.96. The Morgan fingerprint density at radius 2 is 2.05 bits per heavy atom. The molecule has 22 heavy (non-hydrogen) atoms. The summed E-state index contributed by atoms with van der Waals surface area (Å²) in [5.41, 5.74) is 7.11. The van der Waals surface area contributed by atoms with Gasteiger partial charge in [-0.3, -0.25) is 4.79 Å². The fraction of sp³-hybridized carbons (Fsp3) is 0.611. The van der Waals surface area contributed by atoms with Crippen LogP contribution < -0.4 is 11.1 Å². The molecule has 0 radical (unpaired) electrons. The molecule has 1 aromatic rings. The molecule has 2 aliphatic rings. The molecular formula is C18H26N2O2. The van der Waals surface area contributed by atoms with Crippen LogP contribution in [-0.2, 0) is 9.53 Å². The van der Waals surface area contributed by atoms with Gasteiger partial charge in [0.25, 0.3) is 0 Å². The predicted octanol–water partition coefficient (Wildman–Crippen LogP) is 2.40. The van der Waals surface area contributed by atoms with Crippen LogP contribution in [0.2, 0.25) is 0 Å². The summed E-state index contributed by atoms with van der Waals surface area (Å²) in [4.78, 5) is 12.3. The Bertz CT molecular complexity index is 491. The standard InChI is InChI=1S/C18H26N2O2/c19-16-9-8-14(11-16)18(21)20-12-15-7-4-10-22-17(15)13-5-2-1-3-6-13/h1-3,5-6,14-17H,4,7-12,19H2,(H,20,21). The number of rotatable bonds is 4. The molecule has 1 heterocycles. The summed E-state index contributed by atoms with van der Waals surface area (Å²) in [5, 5.41) is 3.14. The van der Waals surface area contributed by atoms with Gasteiger partial charge in [0, 0.05) is 31.0 Å². The van der Waals surface area contributed by atoms with Crippen LogP contribution in [-0.4, -0.2) is 25.1 Å². The van der Waals surface area contributed by atoms with E-state index < -0.39 is 0 Å². The minimum atomic E-state index is 0.0982. The number of benzene rings is 1. The first-order valence-electron chi connectivity index (χ1n) is 8.44. The zero-order valence-corrected chi connectivity index (χ0v) is 13.0. The van der Waals surface area contributed by atoms with Gasteiger partial charge in [-0.05, 0) is 37.7 Å². The average Bonchev–Trinajstić information content (AvgIpc) is 3.00. The Hall–Kier alpha value is -1.39. The second kappa shape index (κ2) is 7.25. The highest BCUT2D eigenvalue weighted by Gasteiger charge is 2.31. The highest BCUT2D eigenvalue weighted by atomic mass is 16.5. The summed E-state index contributed by atoms with van der Waals surface area (Å²) < 4.78 is 5.98. The lowest BCUT2D eigenvalue weighted by Gasteiger charge is -2.32. The van der Waals surface area contributed by atoms with E-state index in [-0.39, 0.29) is 24.0 Å². The first-order valence-corrected chi connectivity index (χ1v) is 8.44. The van der Waals surface area contributed by atoms with Gasteiger partial charge < -0.3 is 15.8 Å². The molecule has 1 saturated carbocycles. The molecule has 1 aliphatic carbocycles. The van der Waals surface area contributed by atoms with Gasteiger partial charge in [-0.25, -0.2) is 0 Å². The molecular weight excluding hydrogens is 276 g/mol.